The van der Waals surface area contributed by atoms with Crippen LogP contribution in [0.2, 0.25) is 0 Å². The van der Waals surface area contributed by atoms with E-state index >= 15 is 0 Å². The van der Waals surface area contributed by atoms with Crippen molar-refractivity contribution in [2.45, 2.75) is 0 Å². The topological polar surface area (TPSA) is 157 Å². The van der Waals surface area contributed by atoms with Crippen LogP contribution in [0.25, 0.3) is 56.0 Å². The van der Waals surface area contributed by atoms with E-state index in [0.717, 1.165) is 56.0 Å². The molecule has 8 nitrogen and oxygen atoms in total. The first kappa shape index (κ1) is 21.3. The summed E-state index contributed by atoms with van der Waals surface area (Å²) < 4.78 is 0. The second-order valence-corrected chi connectivity index (χ2v) is 8.62. The Bertz CT molecular complexity index is 1640. The van der Waals surface area contributed by atoms with E-state index in [1.807, 2.05) is 48.5 Å². The van der Waals surface area contributed by atoms with Gasteiger partial charge in [-0.1, -0.05) is 48.5 Å². The van der Waals surface area contributed by atoms with Crippen LogP contribution in [0.5, 0.6) is 0 Å². The molecule has 0 aliphatic rings. The third kappa shape index (κ3) is 3.76. The summed E-state index contributed by atoms with van der Waals surface area (Å²) >= 11 is 0. The lowest BCUT2D eigenvalue weighted by molar-refractivity contribution is 1.33. The Morgan fingerprint density at radius 3 is 1.25 bits per heavy atom. The molecule has 36 heavy (non-hydrogen) atoms. The first-order valence-corrected chi connectivity index (χ1v) is 11.3. The summed E-state index contributed by atoms with van der Waals surface area (Å²) in [6, 6.07) is 27.5. The molecule has 8 N–H and O–H groups in total. The molecule has 4 aromatic carbocycles. The monoisotopic (exact) mass is 470 g/mol. The van der Waals surface area contributed by atoms with Crippen molar-refractivity contribution in [2.24, 2.45) is 11.5 Å². The fourth-order valence-electron chi connectivity index (χ4n) is 4.27. The number of aromatic nitrogens is 4. The number of hydrogen-bond donors (Lipinski definition) is 6. The van der Waals surface area contributed by atoms with Crippen molar-refractivity contribution in [3.05, 3.63) is 96.1 Å². The van der Waals surface area contributed by atoms with Gasteiger partial charge in [0.25, 0.3) is 0 Å². The Labute approximate surface area is 206 Å². The molecule has 0 spiro atoms. The number of nitrogens with zero attached hydrogens (tertiary/aromatic N) is 2. The van der Waals surface area contributed by atoms with Crippen molar-refractivity contribution in [2.75, 3.05) is 0 Å². The summed E-state index contributed by atoms with van der Waals surface area (Å²) in [6.07, 6.45) is 0. The zero-order valence-electron chi connectivity index (χ0n) is 19.1. The van der Waals surface area contributed by atoms with Gasteiger partial charge in [-0.3, -0.25) is 10.8 Å². The predicted octanol–water partition coefficient (Wildman–Crippen LogP) is 5.01. The minimum absolute atomic E-state index is 0.0332. The molecule has 0 aliphatic carbocycles. The Balaban J connectivity index is 1.25. The van der Waals surface area contributed by atoms with Crippen LogP contribution in [0.15, 0.2) is 84.9 Å². The molecule has 0 fully saturated rings. The highest BCUT2D eigenvalue weighted by Crippen LogP contribution is 2.28. The average Bonchev–Trinajstić information content (AvgIpc) is 3.52. The van der Waals surface area contributed by atoms with E-state index in [1.54, 1.807) is 12.1 Å². The Morgan fingerprint density at radius 2 is 0.889 bits per heavy atom. The minimum Gasteiger partial charge on any atom is -0.384 e. The van der Waals surface area contributed by atoms with Crippen LogP contribution in [-0.4, -0.2) is 31.6 Å². The van der Waals surface area contributed by atoms with Crippen LogP contribution in [0.1, 0.15) is 11.1 Å². The van der Waals surface area contributed by atoms with Gasteiger partial charge in [0.1, 0.15) is 23.3 Å². The molecular weight excluding hydrogens is 448 g/mol. The maximum absolute atomic E-state index is 7.62. The van der Waals surface area contributed by atoms with Gasteiger partial charge in [0.15, 0.2) is 0 Å². The maximum atomic E-state index is 7.62. The van der Waals surface area contributed by atoms with Gasteiger partial charge < -0.3 is 21.4 Å². The summed E-state index contributed by atoms with van der Waals surface area (Å²) in [5.74, 6) is 1.60. The number of rotatable bonds is 5. The SMILES string of the molecule is N=C(N)c1ccc2nc(-c3ccc(-c4ccc(-c5nc6ccc(C(=N)N)cc6[nH]5)cc4)cc3)[nH]c2c1. The summed E-state index contributed by atoms with van der Waals surface area (Å²) in [5, 5.41) is 15.2. The van der Waals surface area contributed by atoms with Crippen LogP contribution in [0, 0.1) is 10.8 Å². The normalized spacial score (nSPS) is 11.2. The lowest BCUT2D eigenvalue weighted by Crippen LogP contribution is -2.10. The second kappa shape index (κ2) is 8.21. The van der Waals surface area contributed by atoms with E-state index in [4.69, 9.17) is 22.3 Å². The first-order chi connectivity index (χ1) is 17.4. The number of nitrogen functional groups attached to an aromatic ring is 2. The molecule has 0 unspecified atom stereocenters. The van der Waals surface area contributed by atoms with E-state index in [9.17, 15) is 0 Å². The number of aromatic amines is 2. The third-order valence-corrected chi connectivity index (χ3v) is 6.24. The number of benzene rings is 4. The lowest BCUT2D eigenvalue weighted by atomic mass is 10.0. The predicted molar refractivity (Wildman–Crippen MR) is 144 cm³/mol. The van der Waals surface area contributed by atoms with E-state index in [0.29, 0.717) is 11.1 Å². The summed E-state index contributed by atoms with van der Waals surface area (Å²) in [4.78, 5) is 16.0. The molecule has 0 saturated carbocycles. The number of nitrogens with two attached hydrogens (primary N) is 2. The minimum atomic E-state index is 0.0332. The fourth-order valence-corrected chi connectivity index (χ4v) is 4.27. The molecule has 0 bridgehead atoms. The van der Waals surface area contributed by atoms with Crippen molar-refractivity contribution in [1.82, 2.24) is 19.9 Å². The molecule has 6 aromatic rings. The van der Waals surface area contributed by atoms with Crippen molar-refractivity contribution in [3.8, 4) is 33.9 Å². The van der Waals surface area contributed by atoms with Gasteiger partial charge in [-0.25, -0.2) is 9.97 Å². The molecule has 0 saturated heterocycles. The number of imidazole rings is 2. The highest BCUT2D eigenvalue weighted by atomic mass is 14.9. The summed E-state index contributed by atoms with van der Waals surface area (Å²) in [6.45, 7) is 0. The second-order valence-electron chi connectivity index (χ2n) is 8.62. The summed E-state index contributed by atoms with van der Waals surface area (Å²) in [7, 11) is 0. The first-order valence-electron chi connectivity index (χ1n) is 11.3. The molecule has 174 valence electrons. The highest BCUT2D eigenvalue weighted by Gasteiger charge is 2.10. The third-order valence-electron chi connectivity index (χ3n) is 6.24. The van der Waals surface area contributed by atoms with E-state index in [1.165, 1.54) is 0 Å². The zero-order chi connectivity index (χ0) is 24.8. The fraction of sp³-hybridized carbons (Fsp3) is 0. The molecule has 0 radical (unpaired) electrons. The Kier molecular flexibility index (Phi) is 4.86. The Morgan fingerprint density at radius 1 is 0.528 bits per heavy atom. The average molecular weight is 471 g/mol. The van der Waals surface area contributed by atoms with Gasteiger partial charge in [0, 0.05) is 22.3 Å². The van der Waals surface area contributed by atoms with Crippen molar-refractivity contribution < 1.29 is 0 Å². The van der Waals surface area contributed by atoms with E-state index < -0.39 is 0 Å². The zero-order valence-corrected chi connectivity index (χ0v) is 19.1. The van der Waals surface area contributed by atoms with Gasteiger partial charge in [0.2, 0.25) is 0 Å². The number of amidine groups is 2. The largest absolute Gasteiger partial charge is 0.384 e. The smallest absolute Gasteiger partial charge is 0.138 e. The van der Waals surface area contributed by atoms with E-state index in [-0.39, 0.29) is 11.7 Å². The highest BCUT2D eigenvalue weighted by molar-refractivity contribution is 5.99. The molecule has 2 aromatic heterocycles. The van der Waals surface area contributed by atoms with Crippen LogP contribution in [-0.2, 0) is 0 Å². The molecule has 6 rings (SSSR count). The van der Waals surface area contributed by atoms with Crippen molar-refractivity contribution in [1.29, 1.82) is 10.8 Å². The quantitative estimate of drug-likeness (QED) is 0.155. The molecule has 8 heteroatoms. The van der Waals surface area contributed by atoms with Gasteiger partial charge in [-0.2, -0.15) is 0 Å². The van der Waals surface area contributed by atoms with Crippen molar-refractivity contribution >= 4 is 33.7 Å². The number of H-pyrrole nitrogens is 2. The number of hydrogen-bond acceptors (Lipinski definition) is 4. The molecule has 2 heterocycles. The Hall–Kier alpha value is -5.24. The van der Waals surface area contributed by atoms with Gasteiger partial charge in [0.05, 0.1) is 22.1 Å². The number of fused-ring (bicyclic) bond motifs is 2. The van der Waals surface area contributed by atoms with Gasteiger partial charge in [-0.05, 0) is 47.5 Å². The molecular formula is C28H22N8. The standard InChI is InChI=1S/C28H22N8/c29-25(30)19-9-11-21-23(13-19)35-27(33-21)17-5-1-15(2-6-17)16-3-7-18(8-4-16)28-34-22-12-10-20(26(31)32)14-24(22)36-28/h1-14H,(H3,29,30)(H3,31,32)(H,33,35)(H,34,36). The van der Waals surface area contributed by atoms with E-state index in [2.05, 4.69) is 44.2 Å². The van der Waals surface area contributed by atoms with Crippen LogP contribution < -0.4 is 11.5 Å². The van der Waals surface area contributed by atoms with Crippen LogP contribution >= 0.6 is 0 Å². The van der Waals surface area contributed by atoms with Gasteiger partial charge >= 0.3 is 0 Å². The maximum Gasteiger partial charge on any atom is 0.138 e. The molecule has 0 aliphatic heterocycles. The van der Waals surface area contributed by atoms with Crippen LogP contribution in [0.3, 0.4) is 0 Å². The van der Waals surface area contributed by atoms with Crippen LogP contribution in [0.4, 0.5) is 0 Å². The number of nitrogens with one attached hydrogen (secondary N) is 4. The summed E-state index contributed by atoms with van der Waals surface area (Å²) in [5.41, 5.74) is 20.0. The molecule has 0 atom stereocenters. The van der Waals surface area contributed by atoms with Crippen molar-refractivity contribution in [3.63, 3.8) is 0 Å². The van der Waals surface area contributed by atoms with Gasteiger partial charge in [-0.15, -0.1) is 0 Å². The lowest BCUT2D eigenvalue weighted by Gasteiger charge is -2.04. The molecule has 0 amide bonds.